The minimum atomic E-state index is -4.44. The van der Waals surface area contributed by atoms with E-state index in [-0.39, 0.29) is 12.6 Å². The van der Waals surface area contributed by atoms with Crippen LogP contribution in [0.15, 0.2) is 24.4 Å². The predicted molar refractivity (Wildman–Crippen MR) is 66.3 cm³/mol. The number of aromatic nitrogens is 2. The van der Waals surface area contributed by atoms with E-state index in [1.807, 2.05) is 6.92 Å². The second kappa shape index (κ2) is 5.54. The molecule has 2 aromatic rings. The number of hydrogen-bond acceptors (Lipinski definition) is 3. The second-order valence-electron chi connectivity index (χ2n) is 4.17. The van der Waals surface area contributed by atoms with Gasteiger partial charge in [0.15, 0.2) is 6.79 Å². The van der Waals surface area contributed by atoms with E-state index in [1.54, 1.807) is 18.2 Å². The molecule has 2 rings (SSSR count). The number of rotatable bonds is 4. The number of alkyl halides is 3. The first kappa shape index (κ1) is 14.4. The smallest absolute Gasteiger partial charge is 0.432 e. The number of hydrogen-bond donors (Lipinski definition) is 1. The van der Waals surface area contributed by atoms with Crippen molar-refractivity contribution in [3.05, 3.63) is 35.7 Å². The molecule has 0 unspecified atom stereocenters. The van der Waals surface area contributed by atoms with Gasteiger partial charge in [-0.1, -0.05) is 12.1 Å². The molecule has 0 radical (unpaired) electrons. The summed E-state index contributed by atoms with van der Waals surface area (Å²) in [7, 11) is 1.49. The summed E-state index contributed by atoms with van der Waals surface area (Å²) in [5, 5.41) is 0. The summed E-state index contributed by atoms with van der Waals surface area (Å²) >= 11 is 0. The summed E-state index contributed by atoms with van der Waals surface area (Å²) in [5.74, 6) is 0.675. The standard InChI is InChI=1S/C13H13F3N2O2/c1-8-3-4-9(5-10(8)20-7-19-2)12-17-6-11(18-12)13(14,15)16/h3-6H,7H2,1-2H3,(H,17,18). The summed E-state index contributed by atoms with van der Waals surface area (Å²) in [6.45, 7) is 1.90. The number of nitrogens with zero attached hydrogens (tertiary/aromatic N) is 1. The minimum absolute atomic E-state index is 0.0657. The van der Waals surface area contributed by atoms with Crippen LogP contribution in [-0.2, 0) is 10.9 Å². The Morgan fingerprint density at radius 1 is 1.30 bits per heavy atom. The van der Waals surface area contributed by atoms with Crippen LogP contribution in [0.3, 0.4) is 0 Å². The Hall–Kier alpha value is -2.02. The van der Waals surface area contributed by atoms with E-state index in [9.17, 15) is 13.2 Å². The van der Waals surface area contributed by atoms with Gasteiger partial charge in [0.25, 0.3) is 0 Å². The minimum Gasteiger partial charge on any atom is -0.467 e. The lowest BCUT2D eigenvalue weighted by Crippen LogP contribution is -2.04. The molecule has 0 aliphatic carbocycles. The summed E-state index contributed by atoms with van der Waals surface area (Å²) < 4.78 is 47.7. The van der Waals surface area contributed by atoms with E-state index in [0.717, 1.165) is 11.8 Å². The zero-order chi connectivity index (χ0) is 14.8. The molecule has 1 aromatic carbocycles. The zero-order valence-corrected chi connectivity index (χ0v) is 10.9. The monoisotopic (exact) mass is 286 g/mol. The first-order valence-electron chi connectivity index (χ1n) is 5.77. The lowest BCUT2D eigenvalue weighted by atomic mass is 10.1. The largest absolute Gasteiger partial charge is 0.467 e. The number of halogens is 3. The van der Waals surface area contributed by atoms with E-state index in [2.05, 4.69) is 9.97 Å². The van der Waals surface area contributed by atoms with Crippen molar-refractivity contribution in [2.24, 2.45) is 0 Å². The molecule has 108 valence electrons. The van der Waals surface area contributed by atoms with E-state index in [1.165, 1.54) is 7.11 Å². The van der Waals surface area contributed by atoms with Crippen molar-refractivity contribution >= 4 is 0 Å². The Balaban J connectivity index is 2.31. The van der Waals surface area contributed by atoms with Crippen molar-refractivity contribution in [1.82, 2.24) is 9.97 Å². The molecule has 0 spiro atoms. The van der Waals surface area contributed by atoms with Gasteiger partial charge >= 0.3 is 6.18 Å². The van der Waals surface area contributed by atoms with Gasteiger partial charge in [0.2, 0.25) is 0 Å². The highest BCUT2D eigenvalue weighted by molar-refractivity contribution is 5.59. The van der Waals surface area contributed by atoms with Gasteiger partial charge in [-0.05, 0) is 18.6 Å². The first-order valence-corrected chi connectivity index (χ1v) is 5.77. The van der Waals surface area contributed by atoms with Crippen LogP contribution in [0.2, 0.25) is 0 Å². The Morgan fingerprint density at radius 3 is 2.65 bits per heavy atom. The quantitative estimate of drug-likeness (QED) is 0.876. The van der Waals surface area contributed by atoms with Crippen LogP contribution in [0.5, 0.6) is 5.75 Å². The molecule has 0 aliphatic rings. The molecule has 1 heterocycles. The lowest BCUT2D eigenvalue weighted by molar-refractivity contribution is -0.140. The maximum absolute atomic E-state index is 12.5. The normalized spacial score (nSPS) is 11.7. The third-order valence-corrected chi connectivity index (χ3v) is 2.68. The predicted octanol–water partition coefficient (Wildman–Crippen LogP) is 3.39. The molecule has 20 heavy (non-hydrogen) atoms. The van der Waals surface area contributed by atoms with Crippen molar-refractivity contribution in [3.63, 3.8) is 0 Å². The number of aromatic amines is 1. The molecule has 1 aromatic heterocycles. The topological polar surface area (TPSA) is 47.1 Å². The van der Waals surface area contributed by atoms with Crippen molar-refractivity contribution in [2.45, 2.75) is 13.1 Å². The Kier molecular flexibility index (Phi) is 3.99. The number of benzene rings is 1. The van der Waals surface area contributed by atoms with Crippen LogP contribution in [0.4, 0.5) is 13.2 Å². The van der Waals surface area contributed by atoms with E-state index < -0.39 is 11.9 Å². The maximum atomic E-state index is 12.5. The number of H-pyrrole nitrogens is 1. The van der Waals surface area contributed by atoms with E-state index in [0.29, 0.717) is 11.3 Å². The fourth-order valence-electron chi connectivity index (χ4n) is 1.64. The molecule has 0 amide bonds. The Morgan fingerprint density at radius 2 is 2.05 bits per heavy atom. The van der Waals surface area contributed by atoms with Crippen molar-refractivity contribution in [1.29, 1.82) is 0 Å². The third-order valence-electron chi connectivity index (χ3n) is 2.68. The van der Waals surface area contributed by atoms with Gasteiger partial charge in [-0.15, -0.1) is 0 Å². The molecule has 1 N–H and O–H groups in total. The van der Waals surface area contributed by atoms with E-state index >= 15 is 0 Å². The van der Waals surface area contributed by atoms with Gasteiger partial charge in [-0.2, -0.15) is 13.2 Å². The van der Waals surface area contributed by atoms with Crippen LogP contribution < -0.4 is 4.74 Å². The molecular formula is C13H13F3N2O2. The van der Waals surface area contributed by atoms with Crippen LogP contribution in [0.1, 0.15) is 11.3 Å². The summed E-state index contributed by atoms with van der Waals surface area (Å²) in [5.41, 5.74) is 0.484. The van der Waals surface area contributed by atoms with Gasteiger partial charge < -0.3 is 14.5 Å². The molecule has 0 aliphatic heterocycles. The van der Waals surface area contributed by atoms with Crippen molar-refractivity contribution < 1.29 is 22.6 Å². The first-order chi connectivity index (χ1) is 9.41. The summed E-state index contributed by atoms with van der Waals surface area (Å²) in [6, 6.07) is 5.04. The van der Waals surface area contributed by atoms with Gasteiger partial charge in [0, 0.05) is 12.7 Å². The lowest BCUT2D eigenvalue weighted by Gasteiger charge is -2.09. The Labute approximate surface area is 113 Å². The molecular weight excluding hydrogens is 273 g/mol. The molecule has 0 bridgehead atoms. The number of methoxy groups -OCH3 is 1. The maximum Gasteiger partial charge on any atom is 0.432 e. The highest BCUT2D eigenvalue weighted by atomic mass is 19.4. The van der Waals surface area contributed by atoms with E-state index in [4.69, 9.17) is 9.47 Å². The molecule has 0 atom stereocenters. The Bertz CT molecular complexity index is 594. The van der Waals surface area contributed by atoms with Gasteiger partial charge in [0.05, 0.1) is 6.20 Å². The van der Waals surface area contributed by atoms with Crippen LogP contribution in [0.25, 0.3) is 11.4 Å². The molecule has 4 nitrogen and oxygen atoms in total. The van der Waals surface area contributed by atoms with Gasteiger partial charge in [-0.3, -0.25) is 0 Å². The highest BCUT2D eigenvalue weighted by Gasteiger charge is 2.33. The average Bonchev–Trinajstić information content (AvgIpc) is 2.87. The number of imidazole rings is 1. The highest BCUT2D eigenvalue weighted by Crippen LogP contribution is 2.30. The molecule has 0 fully saturated rings. The van der Waals surface area contributed by atoms with Crippen molar-refractivity contribution in [2.75, 3.05) is 13.9 Å². The number of aryl methyl sites for hydroxylation is 1. The average molecular weight is 286 g/mol. The molecule has 0 saturated heterocycles. The number of nitrogens with one attached hydrogen (secondary N) is 1. The summed E-state index contributed by atoms with van der Waals surface area (Å²) in [6.07, 6.45) is -3.67. The van der Waals surface area contributed by atoms with Crippen molar-refractivity contribution in [3.8, 4) is 17.1 Å². The second-order valence-corrected chi connectivity index (χ2v) is 4.17. The third kappa shape index (κ3) is 3.11. The van der Waals surface area contributed by atoms with Gasteiger partial charge in [0.1, 0.15) is 17.3 Å². The SMILES string of the molecule is COCOc1cc(-c2ncc(C(F)(F)F)[nH]2)ccc1C. The van der Waals surface area contributed by atoms with Gasteiger partial charge in [-0.25, -0.2) is 4.98 Å². The van der Waals surface area contributed by atoms with Crippen LogP contribution >= 0.6 is 0 Å². The van der Waals surface area contributed by atoms with Crippen LogP contribution in [0, 0.1) is 6.92 Å². The summed E-state index contributed by atoms with van der Waals surface area (Å²) in [4.78, 5) is 5.99. The zero-order valence-electron chi connectivity index (χ0n) is 10.9. The fourth-order valence-corrected chi connectivity index (χ4v) is 1.64. The fraction of sp³-hybridized carbons (Fsp3) is 0.308. The number of ether oxygens (including phenoxy) is 2. The molecule has 7 heteroatoms. The molecule has 0 saturated carbocycles. The van der Waals surface area contributed by atoms with Crippen LogP contribution in [-0.4, -0.2) is 23.9 Å².